The highest BCUT2D eigenvalue weighted by atomic mass is 16.6. The zero-order valence-electron chi connectivity index (χ0n) is 24.7. The van der Waals surface area contributed by atoms with Gasteiger partial charge in [-0.15, -0.1) is 0 Å². The van der Waals surface area contributed by atoms with Crippen LogP contribution >= 0.6 is 0 Å². The molecule has 0 radical (unpaired) electrons. The fraction of sp³-hybridized carbons (Fsp3) is 0.645. The number of benzene rings is 1. The third kappa shape index (κ3) is 4.16. The number of aliphatic hydroxyl groups excluding tert-OH is 3. The van der Waals surface area contributed by atoms with Crippen molar-refractivity contribution in [2.75, 3.05) is 6.61 Å². The lowest BCUT2D eigenvalue weighted by atomic mass is 9.49. The summed E-state index contributed by atoms with van der Waals surface area (Å²) < 4.78 is 24.0. The molecule has 1 aromatic carbocycles. The molecule has 11 heteroatoms. The molecule has 4 aliphatic rings. The van der Waals surface area contributed by atoms with Gasteiger partial charge in [-0.05, 0) is 50.5 Å². The summed E-state index contributed by atoms with van der Waals surface area (Å²) in [6.45, 7) is 8.48. The van der Waals surface area contributed by atoms with Gasteiger partial charge in [0.1, 0.15) is 24.4 Å². The Kier molecular flexibility index (Phi) is 7.38. The minimum atomic E-state index is -1.75. The third-order valence-electron chi connectivity index (χ3n) is 10.3. The van der Waals surface area contributed by atoms with E-state index in [1.807, 2.05) is 0 Å². The Labute approximate surface area is 244 Å². The van der Waals surface area contributed by atoms with Gasteiger partial charge in [0.05, 0.1) is 41.3 Å². The molecule has 3 aliphatic carbocycles. The van der Waals surface area contributed by atoms with E-state index < -0.39 is 82.5 Å². The Balaban J connectivity index is 1.84. The van der Waals surface area contributed by atoms with Crippen molar-refractivity contribution in [3.05, 3.63) is 47.0 Å². The molecule has 42 heavy (non-hydrogen) atoms. The zero-order valence-corrected chi connectivity index (χ0v) is 24.7. The molecule has 1 heterocycles. The number of fused-ring (bicyclic) bond motifs is 4. The standard InChI is InChI=1S/C31H40O11/c1-15-19(34)13-30(28(4,5)38)22(15)23(36)25(41-27(37)18-10-8-7-9-11-18)29(6)20(35)12-21-31(14-39-21,42-17(3)33)24(29)26(30)40-16(2)32/h7-11,19-21,23-26,34-36,38H,12-14H2,1-6H3/t19-,20-,21+,23+,24-,25-,26-,29+,30+,31-/m0/s1. The topological polar surface area (TPSA) is 169 Å². The summed E-state index contributed by atoms with van der Waals surface area (Å²) >= 11 is 0. The first kappa shape index (κ1) is 30.6. The molecule has 0 amide bonds. The van der Waals surface area contributed by atoms with Crippen molar-refractivity contribution < 1.29 is 53.8 Å². The largest absolute Gasteiger partial charge is 0.461 e. The quantitative estimate of drug-likeness (QED) is 0.223. The normalized spacial score (nSPS) is 41.0. The van der Waals surface area contributed by atoms with E-state index in [0.29, 0.717) is 5.57 Å². The molecular weight excluding hydrogens is 548 g/mol. The molecule has 1 aromatic rings. The minimum Gasteiger partial charge on any atom is -0.461 e. The summed E-state index contributed by atoms with van der Waals surface area (Å²) in [4.78, 5) is 39.0. The van der Waals surface area contributed by atoms with Crippen LogP contribution in [-0.4, -0.2) is 92.8 Å². The van der Waals surface area contributed by atoms with Crippen molar-refractivity contribution in [3.8, 4) is 0 Å². The number of carbonyl (C=O) groups excluding carboxylic acids is 3. The van der Waals surface area contributed by atoms with Crippen LogP contribution < -0.4 is 0 Å². The number of aliphatic hydroxyl groups is 4. The van der Waals surface area contributed by atoms with Crippen LogP contribution in [0.1, 0.15) is 64.7 Å². The molecule has 0 aromatic heterocycles. The fourth-order valence-electron chi connectivity index (χ4n) is 8.35. The van der Waals surface area contributed by atoms with Crippen molar-refractivity contribution in [2.24, 2.45) is 16.7 Å². The van der Waals surface area contributed by atoms with Gasteiger partial charge >= 0.3 is 17.9 Å². The maximum atomic E-state index is 13.6. The second-order valence-electron chi connectivity index (χ2n) is 13.0. The Morgan fingerprint density at radius 2 is 1.64 bits per heavy atom. The predicted molar refractivity (Wildman–Crippen MR) is 146 cm³/mol. The molecular formula is C31H40O11. The molecule has 11 nitrogen and oxygen atoms in total. The molecule has 1 saturated heterocycles. The van der Waals surface area contributed by atoms with E-state index in [1.54, 1.807) is 44.2 Å². The molecule has 0 unspecified atom stereocenters. The van der Waals surface area contributed by atoms with Crippen LogP contribution in [0, 0.1) is 16.7 Å². The van der Waals surface area contributed by atoms with E-state index in [-0.39, 0.29) is 30.6 Å². The van der Waals surface area contributed by atoms with Gasteiger partial charge in [0.15, 0.2) is 5.60 Å². The van der Waals surface area contributed by atoms with Gasteiger partial charge in [-0.2, -0.15) is 0 Å². The first-order valence-corrected chi connectivity index (χ1v) is 14.2. The van der Waals surface area contributed by atoms with Gasteiger partial charge in [0.25, 0.3) is 0 Å². The van der Waals surface area contributed by atoms with Crippen molar-refractivity contribution >= 4 is 17.9 Å². The van der Waals surface area contributed by atoms with Crippen LogP contribution in [0.2, 0.25) is 0 Å². The summed E-state index contributed by atoms with van der Waals surface area (Å²) in [6.07, 6.45) is -7.97. The molecule has 1 aliphatic heterocycles. The van der Waals surface area contributed by atoms with E-state index in [4.69, 9.17) is 18.9 Å². The van der Waals surface area contributed by atoms with Crippen molar-refractivity contribution in [1.82, 2.24) is 0 Å². The second kappa shape index (κ2) is 10.1. The molecule has 4 N–H and O–H groups in total. The Hall–Kier alpha value is -2.83. The van der Waals surface area contributed by atoms with E-state index in [9.17, 15) is 34.8 Å². The average Bonchev–Trinajstić information content (AvgIpc) is 3.14. The molecule has 10 atom stereocenters. The average molecular weight is 589 g/mol. The number of hydrogen-bond acceptors (Lipinski definition) is 11. The SMILES string of the molecule is CC(=O)O[C@H]1[C@@H]2[C@]3(OC(C)=O)CO[C@@H]3C[C@H](O)[C@@]2(C)[C@@H](OC(=O)c2ccccc2)[C@H](O)C2=C(C)[C@@H](O)C[C@@]21C(C)(C)O. The van der Waals surface area contributed by atoms with E-state index in [2.05, 4.69) is 0 Å². The fourth-order valence-corrected chi connectivity index (χ4v) is 8.35. The number of rotatable bonds is 5. The highest BCUT2D eigenvalue weighted by Gasteiger charge is 2.79. The van der Waals surface area contributed by atoms with Crippen LogP contribution in [-0.2, 0) is 28.5 Å². The number of esters is 3. The first-order chi connectivity index (χ1) is 19.5. The second-order valence-corrected chi connectivity index (χ2v) is 13.0. The summed E-state index contributed by atoms with van der Waals surface area (Å²) in [7, 11) is 0. The van der Waals surface area contributed by atoms with Gasteiger partial charge in [-0.3, -0.25) is 9.59 Å². The first-order valence-electron chi connectivity index (χ1n) is 14.2. The summed E-state index contributed by atoms with van der Waals surface area (Å²) in [5.41, 5.74) is -5.82. The zero-order chi connectivity index (χ0) is 31.0. The lowest BCUT2D eigenvalue weighted by Gasteiger charge is -2.65. The van der Waals surface area contributed by atoms with Gasteiger partial charge < -0.3 is 39.4 Å². The molecule has 0 spiro atoms. The molecule has 3 fully saturated rings. The van der Waals surface area contributed by atoms with Crippen LogP contribution in [0.15, 0.2) is 41.5 Å². The van der Waals surface area contributed by atoms with Crippen LogP contribution in [0.25, 0.3) is 0 Å². The van der Waals surface area contributed by atoms with Gasteiger partial charge in [0, 0.05) is 25.7 Å². The van der Waals surface area contributed by atoms with Crippen LogP contribution in [0.4, 0.5) is 0 Å². The minimum absolute atomic E-state index is 0.0324. The van der Waals surface area contributed by atoms with Crippen molar-refractivity contribution in [1.29, 1.82) is 0 Å². The molecule has 5 rings (SSSR count). The summed E-state index contributed by atoms with van der Waals surface area (Å²) in [5.74, 6) is -3.32. The van der Waals surface area contributed by atoms with Gasteiger partial charge in [-0.25, -0.2) is 4.79 Å². The molecule has 230 valence electrons. The van der Waals surface area contributed by atoms with E-state index in [1.165, 1.54) is 27.7 Å². The van der Waals surface area contributed by atoms with E-state index >= 15 is 0 Å². The monoisotopic (exact) mass is 588 g/mol. The lowest BCUT2D eigenvalue weighted by molar-refractivity contribution is -0.351. The van der Waals surface area contributed by atoms with Gasteiger partial charge in [0.2, 0.25) is 0 Å². The van der Waals surface area contributed by atoms with Crippen LogP contribution in [0.5, 0.6) is 0 Å². The van der Waals surface area contributed by atoms with Crippen molar-refractivity contribution in [3.63, 3.8) is 0 Å². The highest BCUT2D eigenvalue weighted by Crippen LogP contribution is 2.68. The predicted octanol–water partition coefficient (Wildman–Crippen LogP) is 1.44. The van der Waals surface area contributed by atoms with Gasteiger partial charge in [-0.1, -0.05) is 25.1 Å². The van der Waals surface area contributed by atoms with Crippen LogP contribution in [0.3, 0.4) is 0 Å². The van der Waals surface area contributed by atoms with Crippen molar-refractivity contribution in [2.45, 2.75) is 102 Å². The third-order valence-corrected chi connectivity index (χ3v) is 10.3. The van der Waals surface area contributed by atoms with E-state index in [0.717, 1.165) is 0 Å². The molecule has 0 bridgehead atoms. The number of ether oxygens (including phenoxy) is 4. The Morgan fingerprint density at radius 1 is 1.00 bits per heavy atom. The smallest absolute Gasteiger partial charge is 0.338 e. The number of carbonyl (C=O) groups is 3. The Bertz CT molecular complexity index is 1300. The lowest BCUT2D eigenvalue weighted by Crippen LogP contribution is -2.79. The number of hydrogen-bond donors (Lipinski definition) is 4. The Morgan fingerprint density at radius 3 is 2.17 bits per heavy atom. The maximum Gasteiger partial charge on any atom is 0.338 e. The molecule has 2 saturated carbocycles. The summed E-state index contributed by atoms with van der Waals surface area (Å²) in [5, 5.41) is 47.3. The summed E-state index contributed by atoms with van der Waals surface area (Å²) in [6, 6.07) is 8.13. The maximum absolute atomic E-state index is 13.6. The highest BCUT2D eigenvalue weighted by molar-refractivity contribution is 5.89.